The highest BCUT2D eigenvalue weighted by atomic mass is 35.5. The van der Waals surface area contributed by atoms with Crippen molar-refractivity contribution in [2.45, 2.75) is 0 Å². The van der Waals surface area contributed by atoms with Crippen molar-refractivity contribution in [3.8, 4) is 16.9 Å². The van der Waals surface area contributed by atoms with Gasteiger partial charge in [-0.1, -0.05) is 23.2 Å². The van der Waals surface area contributed by atoms with Crippen LogP contribution in [0.15, 0.2) is 30.3 Å². The molecule has 0 aliphatic rings. The Morgan fingerprint density at radius 1 is 0.882 bits per heavy atom. The van der Waals surface area contributed by atoms with Crippen LogP contribution >= 0.6 is 23.2 Å². The first-order valence-electron chi connectivity index (χ1n) is 4.62. The zero-order chi connectivity index (χ0) is 12.6. The predicted molar refractivity (Wildman–Crippen MR) is 63.5 cm³/mol. The minimum Gasteiger partial charge on any atom is -0.507 e. The number of phenolic OH excluding ortho intramolecular Hbond substituents is 1. The van der Waals surface area contributed by atoms with Crippen LogP contribution in [-0.2, 0) is 0 Å². The molecular formula is C12H6Cl2F2O. The quantitative estimate of drug-likeness (QED) is 0.803. The first-order chi connectivity index (χ1) is 7.99. The van der Waals surface area contributed by atoms with E-state index in [1.165, 1.54) is 18.2 Å². The monoisotopic (exact) mass is 274 g/mol. The molecule has 5 heteroatoms. The third kappa shape index (κ3) is 2.35. The second kappa shape index (κ2) is 4.51. The SMILES string of the molecule is Oc1cc(F)c(Cl)cc1-c1cc(F)ccc1Cl. The Bertz CT molecular complexity index is 585. The minimum atomic E-state index is -0.750. The van der Waals surface area contributed by atoms with Gasteiger partial charge in [-0.05, 0) is 24.3 Å². The lowest BCUT2D eigenvalue weighted by Crippen LogP contribution is -1.86. The van der Waals surface area contributed by atoms with E-state index in [1.54, 1.807) is 0 Å². The van der Waals surface area contributed by atoms with Crippen LogP contribution in [0.2, 0.25) is 10.0 Å². The molecule has 88 valence electrons. The first-order valence-corrected chi connectivity index (χ1v) is 5.38. The van der Waals surface area contributed by atoms with Crippen LogP contribution in [0.3, 0.4) is 0 Å². The summed E-state index contributed by atoms with van der Waals surface area (Å²) in [6, 6.07) is 5.74. The van der Waals surface area contributed by atoms with Crippen LogP contribution < -0.4 is 0 Å². The highest BCUT2D eigenvalue weighted by Crippen LogP contribution is 2.37. The number of rotatable bonds is 1. The molecule has 0 unspecified atom stereocenters. The Balaban J connectivity index is 2.68. The fourth-order valence-electron chi connectivity index (χ4n) is 1.46. The van der Waals surface area contributed by atoms with E-state index in [-0.39, 0.29) is 26.9 Å². The number of phenols is 1. The van der Waals surface area contributed by atoms with Gasteiger partial charge in [-0.25, -0.2) is 8.78 Å². The van der Waals surface area contributed by atoms with E-state index in [9.17, 15) is 13.9 Å². The smallest absolute Gasteiger partial charge is 0.145 e. The Kier molecular flexibility index (Phi) is 3.22. The molecule has 1 N–H and O–H groups in total. The summed E-state index contributed by atoms with van der Waals surface area (Å²) >= 11 is 11.5. The Labute approximate surface area is 106 Å². The first kappa shape index (κ1) is 12.1. The van der Waals surface area contributed by atoms with Gasteiger partial charge in [0.25, 0.3) is 0 Å². The molecule has 17 heavy (non-hydrogen) atoms. The molecule has 0 heterocycles. The molecule has 0 spiro atoms. The maximum Gasteiger partial charge on any atom is 0.145 e. The average Bonchev–Trinajstić information content (AvgIpc) is 2.27. The Hall–Kier alpha value is -1.32. The van der Waals surface area contributed by atoms with Crippen LogP contribution in [0.4, 0.5) is 8.78 Å². The van der Waals surface area contributed by atoms with Crippen LogP contribution in [0, 0.1) is 11.6 Å². The second-order valence-corrected chi connectivity index (χ2v) is 4.22. The molecule has 2 aromatic rings. The summed E-state index contributed by atoms with van der Waals surface area (Å²) in [5, 5.41) is 9.68. The Morgan fingerprint density at radius 2 is 1.59 bits per heavy atom. The summed E-state index contributed by atoms with van der Waals surface area (Å²) < 4.78 is 26.2. The van der Waals surface area contributed by atoms with Crippen molar-refractivity contribution in [1.82, 2.24) is 0 Å². The highest BCUT2D eigenvalue weighted by molar-refractivity contribution is 6.34. The van der Waals surface area contributed by atoms with Crippen molar-refractivity contribution in [2.75, 3.05) is 0 Å². The number of benzene rings is 2. The summed E-state index contributed by atoms with van der Waals surface area (Å²) in [6.45, 7) is 0. The molecule has 0 aliphatic heterocycles. The van der Waals surface area contributed by atoms with Gasteiger partial charge in [-0.15, -0.1) is 0 Å². The molecule has 0 fully saturated rings. The lowest BCUT2D eigenvalue weighted by atomic mass is 10.0. The average molecular weight is 275 g/mol. The number of halogens is 4. The number of hydrogen-bond acceptors (Lipinski definition) is 1. The topological polar surface area (TPSA) is 20.2 Å². The van der Waals surface area contributed by atoms with E-state index in [0.29, 0.717) is 0 Å². The molecule has 2 rings (SSSR count). The normalized spacial score (nSPS) is 10.6. The van der Waals surface area contributed by atoms with Gasteiger partial charge in [0.05, 0.1) is 5.02 Å². The zero-order valence-corrected chi connectivity index (χ0v) is 9.86. The molecule has 0 aromatic heterocycles. The molecule has 0 saturated carbocycles. The summed E-state index contributed by atoms with van der Waals surface area (Å²) in [5.74, 6) is -1.61. The summed E-state index contributed by atoms with van der Waals surface area (Å²) in [4.78, 5) is 0. The summed E-state index contributed by atoms with van der Waals surface area (Å²) in [7, 11) is 0. The van der Waals surface area contributed by atoms with Crippen molar-refractivity contribution < 1.29 is 13.9 Å². The van der Waals surface area contributed by atoms with Gasteiger partial charge in [0, 0.05) is 22.2 Å². The molecule has 0 amide bonds. The molecule has 0 bridgehead atoms. The van der Waals surface area contributed by atoms with Crippen molar-refractivity contribution in [1.29, 1.82) is 0 Å². The predicted octanol–water partition coefficient (Wildman–Crippen LogP) is 4.64. The van der Waals surface area contributed by atoms with Crippen molar-refractivity contribution in [3.63, 3.8) is 0 Å². The minimum absolute atomic E-state index is 0.168. The van der Waals surface area contributed by atoms with Gasteiger partial charge < -0.3 is 5.11 Å². The number of hydrogen-bond donors (Lipinski definition) is 1. The van der Waals surface area contributed by atoms with Crippen LogP contribution in [0.25, 0.3) is 11.1 Å². The van der Waals surface area contributed by atoms with Crippen LogP contribution in [0.5, 0.6) is 5.75 Å². The second-order valence-electron chi connectivity index (χ2n) is 3.41. The highest BCUT2D eigenvalue weighted by Gasteiger charge is 2.13. The van der Waals surface area contributed by atoms with Crippen LogP contribution in [0.1, 0.15) is 0 Å². The maximum absolute atomic E-state index is 13.1. The fourth-order valence-corrected chi connectivity index (χ4v) is 1.84. The van der Waals surface area contributed by atoms with Crippen LogP contribution in [-0.4, -0.2) is 5.11 Å². The lowest BCUT2D eigenvalue weighted by Gasteiger charge is -2.08. The van der Waals surface area contributed by atoms with Crippen molar-refractivity contribution in [3.05, 3.63) is 52.0 Å². The molecular weight excluding hydrogens is 269 g/mol. The molecule has 1 nitrogen and oxygen atoms in total. The fraction of sp³-hybridized carbons (Fsp3) is 0. The zero-order valence-electron chi connectivity index (χ0n) is 8.35. The largest absolute Gasteiger partial charge is 0.507 e. The molecule has 0 aliphatic carbocycles. The molecule has 0 saturated heterocycles. The van der Waals surface area contributed by atoms with Gasteiger partial charge in [-0.3, -0.25) is 0 Å². The van der Waals surface area contributed by atoms with Gasteiger partial charge >= 0.3 is 0 Å². The molecule has 0 radical (unpaired) electrons. The molecule has 0 atom stereocenters. The van der Waals surface area contributed by atoms with Gasteiger partial charge in [0.2, 0.25) is 0 Å². The van der Waals surface area contributed by atoms with Crippen molar-refractivity contribution in [2.24, 2.45) is 0 Å². The van der Waals surface area contributed by atoms with E-state index in [2.05, 4.69) is 0 Å². The third-order valence-corrected chi connectivity index (χ3v) is 2.88. The summed E-state index contributed by atoms with van der Waals surface area (Å²) in [5.41, 5.74) is 0.437. The molecule has 2 aromatic carbocycles. The lowest BCUT2D eigenvalue weighted by molar-refractivity contribution is 0.471. The summed E-state index contributed by atoms with van der Waals surface area (Å²) in [6.07, 6.45) is 0. The van der Waals surface area contributed by atoms with E-state index in [4.69, 9.17) is 23.2 Å². The van der Waals surface area contributed by atoms with Gasteiger partial charge in [-0.2, -0.15) is 0 Å². The Morgan fingerprint density at radius 3 is 2.29 bits per heavy atom. The standard InChI is InChI=1S/C12H6Cl2F2O/c13-9-2-1-6(15)3-7(9)8-4-10(14)11(16)5-12(8)17/h1-5,17H. The number of aromatic hydroxyl groups is 1. The van der Waals surface area contributed by atoms with E-state index >= 15 is 0 Å². The maximum atomic E-state index is 13.1. The van der Waals surface area contributed by atoms with E-state index in [0.717, 1.165) is 12.1 Å². The van der Waals surface area contributed by atoms with Gasteiger partial charge in [0.15, 0.2) is 0 Å². The van der Waals surface area contributed by atoms with Crippen molar-refractivity contribution >= 4 is 23.2 Å². The van der Waals surface area contributed by atoms with E-state index < -0.39 is 11.6 Å². The third-order valence-electron chi connectivity index (χ3n) is 2.26. The van der Waals surface area contributed by atoms with Gasteiger partial charge in [0.1, 0.15) is 17.4 Å². The van der Waals surface area contributed by atoms with E-state index in [1.807, 2.05) is 0 Å².